The summed E-state index contributed by atoms with van der Waals surface area (Å²) < 4.78 is 63.6. The molecule has 2 aliphatic heterocycles. The molecule has 13 heteroatoms. The van der Waals surface area contributed by atoms with Crippen molar-refractivity contribution in [2.45, 2.75) is 125 Å². The summed E-state index contributed by atoms with van der Waals surface area (Å²) in [5.41, 5.74) is 3.28. The van der Waals surface area contributed by atoms with Crippen molar-refractivity contribution in [3.8, 4) is 0 Å². The predicted octanol–water partition coefficient (Wildman–Crippen LogP) is 7.17. The second kappa shape index (κ2) is 16.1. The fourth-order valence-electron chi connectivity index (χ4n) is 15.7. The summed E-state index contributed by atoms with van der Waals surface area (Å²) in [6, 6.07) is 0. The molecule has 0 amide bonds. The zero-order valence-electron chi connectivity index (χ0n) is 38.9. The van der Waals surface area contributed by atoms with Crippen molar-refractivity contribution in [1.82, 2.24) is 14.7 Å². The van der Waals surface area contributed by atoms with Crippen molar-refractivity contribution in [2.24, 2.45) is 50.7 Å². The molecular weight excluding hydrogens is 826 g/mol. The molecule has 62 heavy (non-hydrogen) atoms. The van der Waals surface area contributed by atoms with Crippen LogP contribution in [0.5, 0.6) is 0 Å². The summed E-state index contributed by atoms with van der Waals surface area (Å²) in [4.78, 5) is 33.9. The van der Waals surface area contributed by atoms with Gasteiger partial charge in [0, 0.05) is 58.8 Å². The minimum Gasteiger partial charge on any atom is -0.481 e. The standard InChI is InChI=1S/C49H76FN3O7S2/c1-34(2)41-38(54)32-49(53(22-20-51-24-28-61(57,58)29-25-51)23-21-52-26-30-62(59,60)31-27-52)19-18-46(6)37(42(41)49)8-9-40-45(5)14-12-36(44(3,4)39(45)13-15-47(40,46)7)35-10-16-48(33-50,17-11-35)43(55)56/h10,12,34,37,39-40H,8-9,11,13-33H2,1-7H3,(H,55,56)/t37-,39+,40-,45+,46-,47-,48?,49-/m1/s1. The fraction of sp³-hybridized carbons (Fsp3) is 0.837. The molecule has 0 aromatic carbocycles. The lowest BCUT2D eigenvalue weighted by Crippen LogP contribution is -2.66. The fourth-order valence-corrected chi connectivity index (χ4v) is 18.2. The molecule has 1 unspecified atom stereocenters. The Kier molecular flexibility index (Phi) is 12.1. The van der Waals surface area contributed by atoms with E-state index >= 15 is 0 Å². The van der Waals surface area contributed by atoms with Crippen molar-refractivity contribution in [3.05, 3.63) is 34.4 Å². The minimum absolute atomic E-state index is 0.0197. The summed E-state index contributed by atoms with van der Waals surface area (Å²) in [7, 11) is -6.03. The van der Waals surface area contributed by atoms with Crippen LogP contribution in [0.25, 0.3) is 0 Å². The van der Waals surface area contributed by atoms with Gasteiger partial charge in [-0.1, -0.05) is 60.6 Å². The van der Waals surface area contributed by atoms with E-state index < -0.39 is 43.3 Å². The first kappa shape index (κ1) is 46.6. The Morgan fingerprint density at radius 2 is 1.40 bits per heavy atom. The first-order chi connectivity index (χ1) is 29.0. The van der Waals surface area contributed by atoms with Gasteiger partial charge in [0.2, 0.25) is 0 Å². The maximum atomic E-state index is 14.6. The van der Waals surface area contributed by atoms with Gasteiger partial charge in [-0.3, -0.25) is 14.5 Å². The van der Waals surface area contributed by atoms with E-state index in [1.54, 1.807) is 0 Å². The van der Waals surface area contributed by atoms with Gasteiger partial charge in [-0.25, -0.2) is 21.2 Å². The van der Waals surface area contributed by atoms with E-state index in [2.05, 4.69) is 69.2 Å². The summed E-state index contributed by atoms with van der Waals surface area (Å²) in [6.07, 6.45) is 13.5. The number of alkyl halides is 1. The van der Waals surface area contributed by atoms with Gasteiger partial charge < -0.3 is 14.9 Å². The molecule has 0 bridgehead atoms. The van der Waals surface area contributed by atoms with Crippen LogP contribution in [0.3, 0.4) is 0 Å². The summed E-state index contributed by atoms with van der Waals surface area (Å²) in [5, 5.41) is 9.89. The highest BCUT2D eigenvalue weighted by Crippen LogP contribution is 2.76. The first-order valence-corrected chi connectivity index (χ1v) is 27.7. The number of hydrogen-bond acceptors (Lipinski definition) is 9. The molecule has 0 spiro atoms. The third kappa shape index (κ3) is 7.47. The normalized spacial score (nSPS) is 40.6. The number of sulfone groups is 2. The molecule has 0 aromatic heterocycles. The number of halogens is 1. The van der Waals surface area contributed by atoms with Gasteiger partial charge in [0.25, 0.3) is 0 Å². The monoisotopic (exact) mass is 902 g/mol. The average molecular weight is 902 g/mol. The summed E-state index contributed by atoms with van der Waals surface area (Å²) in [5.74, 6) is 1.30. The number of carboxylic acids is 1. The Labute approximate surface area is 372 Å². The third-order valence-electron chi connectivity index (χ3n) is 19.5. The number of hydrogen-bond donors (Lipinski definition) is 1. The van der Waals surface area contributed by atoms with Crippen LogP contribution in [0.1, 0.15) is 119 Å². The molecule has 0 aromatic rings. The SMILES string of the molecule is CC(C)C1=C2[C@H]3CC[C@@H]4[C@@]5(C)CC=C(C6=CCC(CF)(C(=O)O)CC6)C(C)(C)[C@@H]5CC[C@@]4(C)[C@]3(C)CC[C@@]2(N(CCN2CCS(=O)(=O)CC2)CCN2CCS(=O)(=O)CC2)CC1=O. The van der Waals surface area contributed by atoms with Gasteiger partial charge in [0.15, 0.2) is 25.5 Å². The molecule has 8 rings (SSSR count). The Balaban J connectivity index is 1.11. The van der Waals surface area contributed by atoms with Crippen molar-refractivity contribution in [2.75, 3.05) is 82.0 Å². The topological polar surface area (TPSA) is 132 Å². The Hall–Kier alpha value is -1.93. The number of nitrogens with zero attached hydrogens (tertiary/aromatic N) is 3. The number of carbonyl (C=O) groups is 2. The van der Waals surface area contributed by atoms with Gasteiger partial charge >= 0.3 is 5.97 Å². The van der Waals surface area contributed by atoms with Gasteiger partial charge in [-0.05, 0) is 132 Å². The van der Waals surface area contributed by atoms with E-state index in [-0.39, 0.29) is 68.7 Å². The molecule has 3 saturated carbocycles. The highest BCUT2D eigenvalue weighted by molar-refractivity contribution is 7.91. The van der Waals surface area contributed by atoms with Crippen LogP contribution < -0.4 is 0 Å². The smallest absolute Gasteiger partial charge is 0.312 e. The second-order valence-corrected chi connectivity index (χ2v) is 27.5. The number of ketones is 1. The molecule has 8 aliphatic rings. The lowest BCUT2D eigenvalue weighted by Gasteiger charge is -2.72. The zero-order chi connectivity index (χ0) is 44.9. The lowest BCUT2D eigenvalue weighted by molar-refractivity contribution is -0.200. The van der Waals surface area contributed by atoms with Gasteiger partial charge in [-0.15, -0.1) is 0 Å². The predicted molar refractivity (Wildman–Crippen MR) is 243 cm³/mol. The van der Waals surface area contributed by atoms with E-state index in [0.29, 0.717) is 57.3 Å². The first-order valence-electron chi connectivity index (χ1n) is 24.1. The largest absolute Gasteiger partial charge is 0.481 e. The number of allylic oxidation sites excluding steroid dienone is 5. The third-order valence-corrected chi connectivity index (χ3v) is 22.7. The maximum absolute atomic E-state index is 14.6. The van der Waals surface area contributed by atoms with Gasteiger partial charge in [-0.2, -0.15) is 0 Å². The zero-order valence-corrected chi connectivity index (χ0v) is 40.5. The van der Waals surface area contributed by atoms with Crippen LogP contribution in [0.2, 0.25) is 0 Å². The van der Waals surface area contributed by atoms with E-state index in [9.17, 15) is 35.9 Å². The van der Waals surface area contributed by atoms with Crippen LogP contribution in [0.15, 0.2) is 34.4 Å². The number of carboxylic acid groups (broad SMARTS) is 1. The van der Waals surface area contributed by atoms with Crippen molar-refractivity contribution in [1.29, 1.82) is 0 Å². The number of rotatable bonds is 11. The molecule has 1 N–H and O–H groups in total. The van der Waals surface area contributed by atoms with Crippen molar-refractivity contribution >= 4 is 31.4 Å². The lowest BCUT2D eigenvalue weighted by atomic mass is 9.33. The molecule has 2 heterocycles. The molecule has 2 saturated heterocycles. The van der Waals surface area contributed by atoms with E-state index in [0.717, 1.165) is 76.7 Å². The van der Waals surface area contributed by atoms with Gasteiger partial charge in [0.05, 0.1) is 34.0 Å². The van der Waals surface area contributed by atoms with Crippen LogP contribution in [0.4, 0.5) is 4.39 Å². The van der Waals surface area contributed by atoms with Crippen LogP contribution in [-0.4, -0.2) is 136 Å². The average Bonchev–Trinajstić information content (AvgIpc) is 3.52. The Morgan fingerprint density at radius 3 is 1.92 bits per heavy atom. The number of Topliss-reactive ketones (excluding diaryl/α,β-unsaturated/α-hetero) is 1. The van der Waals surface area contributed by atoms with Crippen molar-refractivity contribution in [3.63, 3.8) is 0 Å². The van der Waals surface area contributed by atoms with Crippen LogP contribution >= 0.6 is 0 Å². The number of carbonyl (C=O) groups excluding carboxylic acids is 1. The number of aliphatic carboxylic acids is 1. The number of fused-ring (bicyclic) bond motifs is 7. The molecule has 348 valence electrons. The Bertz CT molecular complexity index is 2070. The quantitative estimate of drug-likeness (QED) is 0.228. The molecule has 5 fully saturated rings. The highest BCUT2D eigenvalue weighted by Gasteiger charge is 2.70. The van der Waals surface area contributed by atoms with E-state index in [1.165, 1.54) is 16.7 Å². The summed E-state index contributed by atoms with van der Waals surface area (Å²) in [6.45, 7) is 21.2. The van der Waals surface area contributed by atoms with Gasteiger partial charge in [0.1, 0.15) is 6.67 Å². The molecule has 0 radical (unpaired) electrons. The minimum atomic E-state index is -3.02. The molecule has 8 atom stereocenters. The van der Waals surface area contributed by atoms with Crippen LogP contribution in [0, 0.1) is 50.7 Å². The van der Waals surface area contributed by atoms with Crippen LogP contribution in [-0.2, 0) is 29.3 Å². The maximum Gasteiger partial charge on any atom is 0.312 e. The second-order valence-electron chi connectivity index (χ2n) is 22.9. The highest BCUT2D eigenvalue weighted by atomic mass is 32.2. The van der Waals surface area contributed by atoms with E-state index in [4.69, 9.17) is 0 Å². The van der Waals surface area contributed by atoms with Crippen molar-refractivity contribution < 1.29 is 35.9 Å². The Morgan fingerprint density at radius 1 is 0.806 bits per heavy atom. The molecule has 6 aliphatic carbocycles. The summed E-state index contributed by atoms with van der Waals surface area (Å²) >= 11 is 0. The van der Waals surface area contributed by atoms with E-state index in [1.807, 2.05) is 6.08 Å². The molecule has 10 nitrogen and oxygen atoms in total. The molecular formula is C49H76FN3O7S2.